The number of halogens is 1. The SMILES string of the molecule is COc1c(Cl)cccc1CCC(=O)O. The summed E-state index contributed by atoms with van der Waals surface area (Å²) in [6.45, 7) is 0. The standard InChI is InChI=1S/C10H11ClO3/c1-14-10-7(5-6-9(12)13)3-2-4-8(10)11/h2-4H,5-6H2,1H3,(H,12,13). The summed E-state index contributed by atoms with van der Waals surface area (Å²) >= 11 is 5.87. The Hall–Kier alpha value is -1.22. The highest BCUT2D eigenvalue weighted by atomic mass is 35.5. The number of ether oxygens (including phenoxy) is 1. The fraction of sp³-hybridized carbons (Fsp3) is 0.300. The maximum absolute atomic E-state index is 10.4. The monoisotopic (exact) mass is 214 g/mol. The quantitative estimate of drug-likeness (QED) is 0.837. The summed E-state index contributed by atoms with van der Waals surface area (Å²) < 4.78 is 5.08. The van der Waals surface area contributed by atoms with Gasteiger partial charge in [-0.2, -0.15) is 0 Å². The minimum Gasteiger partial charge on any atom is -0.495 e. The molecule has 1 aromatic rings. The molecule has 4 heteroatoms. The van der Waals surface area contributed by atoms with Crippen LogP contribution in [0, 0.1) is 0 Å². The van der Waals surface area contributed by atoms with Crippen LogP contribution in [0.15, 0.2) is 18.2 Å². The summed E-state index contributed by atoms with van der Waals surface area (Å²) in [6.07, 6.45) is 0.510. The molecule has 0 radical (unpaired) electrons. The summed E-state index contributed by atoms with van der Waals surface area (Å²) in [5, 5.41) is 9.04. The molecule has 14 heavy (non-hydrogen) atoms. The number of methoxy groups -OCH3 is 1. The van der Waals surface area contributed by atoms with Gasteiger partial charge in [0.25, 0.3) is 0 Å². The average Bonchev–Trinajstić information content (AvgIpc) is 2.14. The Balaban J connectivity index is 2.85. The Labute approximate surface area is 87.3 Å². The predicted octanol–water partition coefficient (Wildman–Crippen LogP) is 2.37. The first-order valence-electron chi connectivity index (χ1n) is 4.18. The number of hydrogen-bond acceptors (Lipinski definition) is 2. The van der Waals surface area contributed by atoms with Crippen LogP contribution in [0.4, 0.5) is 0 Å². The number of hydrogen-bond donors (Lipinski definition) is 1. The van der Waals surface area contributed by atoms with Crippen LogP contribution < -0.4 is 4.74 Å². The first-order chi connectivity index (χ1) is 6.65. The molecule has 0 aliphatic rings. The predicted molar refractivity (Wildman–Crippen MR) is 54.0 cm³/mol. The molecule has 0 amide bonds. The van der Waals surface area contributed by atoms with E-state index in [0.717, 1.165) is 5.56 Å². The molecular weight excluding hydrogens is 204 g/mol. The highest BCUT2D eigenvalue weighted by Gasteiger charge is 2.08. The molecule has 0 saturated heterocycles. The molecule has 0 saturated carbocycles. The molecule has 0 heterocycles. The molecule has 0 aromatic heterocycles. The van der Waals surface area contributed by atoms with Crippen molar-refractivity contribution < 1.29 is 14.6 Å². The third kappa shape index (κ3) is 2.64. The number of carbonyl (C=O) groups is 1. The highest BCUT2D eigenvalue weighted by Crippen LogP contribution is 2.28. The zero-order chi connectivity index (χ0) is 10.6. The first-order valence-corrected chi connectivity index (χ1v) is 4.56. The molecule has 0 aliphatic carbocycles. The van der Waals surface area contributed by atoms with E-state index in [1.807, 2.05) is 6.07 Å². The van der Waals surface area contributed by atoms with Crippen molar-refractivity contribution >= 4 is 17.6 Å². The van der Waals surface area contributed by atoms with E-state index in [1.165, 1.54) is 7.11 Å². The third-order valence-corrected chi connectivity index (χ3v) is 2.16. The van der Waals surface area contributed by atoms with Gasteiger partial charge in [0.05, 0.1) is 12.1 Å². The van der Waals surface area contributed by atoms with Crippen LogP contribution in [0.3, 0.4) is 0 Å². The fourth-order valence-corrected chi connectivity index (χ4v) is 1.49. The van der Waals surface area contributed by atoms with Gasteiger partial charge in [0.2, 0.25) is 0 Å². The van der Waals surface area contributed by atoms with E-state index in [1.54, 1.807) is 12.1 Å². The topological polar surface area (TPSA) is 46.5 Å². The molecule has 0 bridgehead atoms. The highest BCUT2D eigenvalue weighted by molar-refractivity contribution is 6.32. The van der Waals surface area contributed by atoms with Gasteiger partial charge in [-0.3, -0.25) is 4.79 Å². The third-order valence-electron chi connectivity index (χ3n) is 1.86. The average molecular weight is 215 g/mol. The van der Waals surface area contributed by atoms with Gasteiger partial charge in [0.1, 0.15) is 5.75 Å². The van der Waals surface area contributed by atoms with Crippen molar-refractivity contribution in [3.05, 3.63) is 28.8 Å². The van der Waals surface area contributed by atoms with E-state index in [-0.39, 0.29) is 6.42 Å². The van der Waals surface area contributed by atoms with Gasteiger partial charge in [-0.25, -0.2) is 0 Å². The first kappa shape index (κ1) is 10.9. The Morgan fingerprint density at radius 1 is 1.57 bits per heavy atom. The van der Waals surface area contributed by atoms with E-state index in [9.17, 15) is 4.79 Å². The van der Waals surface area contributed by atoms with Crippen LogP contribution in [0.2, 0.25) is 5.02 Å². The Kier molecular flexibility index (Phi) is 3.77. The van der Waals surface area contributed by atoms with Crippen LogP contribution in [0.25, 0.3) is 0 Å². The van der Waals surface area contributed by atoms with Crippen LogP contribution in [-0.4, -0.2) is 18.2 Å². The van der Waals surface area contributed by atoms with Crippen molar-refractivity contribution in [1.29, 1.82) is 0 Å². The minimum absolute atomic E-state index is 0.0801. The van der Waals surface area contributed by atoms with Gasteiger partial charge in [-0.1, -0.05) is 23.7 Å². The molecule has 1 aromatic carbocycles. The molecule has 0 spiro atoms. The molecule has 76 valence electrons. The maximum Gasteiger partial charge on any atom is 0.303 e. The minimum atomic E-state index is -0.827. The number of benzene rings is 1. The lowest BCUT2D eigenvalue weighted by molar-refractivity contribution is -0.136. The van der Waals surface area contributed by atoms with Gasteiger partial charge in [0, 0.05) is 6.42 Å². The zero-order valence-electron chi connectivity index (χ0n) is 7.79. The van der Waals surface area contributed by atoms with Crippen molar-refractivity contribution in [3.8, 4) is 5.75 Å². The van der Waals surface area contributed by atoms with Crippen molar-refractivity contribution in [2.24, 2.45) is 0 Å². The van der Waals surface area contributed by atoms with Crippen LogP contribution in [-0.2, 0) is 11.2 Å². The second-order valence-electron chi connectivity index (χ2n) is 2.83. The van der Waals surface area contributed by atoms with Gasteiger partial charge in [-0.05, 0) is 18.1 Å². The van der Waals surface area contributed by atoms with Crippen molar-refractivity contribution in [3.63, 3.8) is 0 Å². The summed E-state index contributed by atoms with van der Waals surface area (Å²) in [4.78, 5) is 10.4. The van der Waals surface area contributed by atoms with E-state index in [2.05, 4.69) is 0 Å². The van der Waals surface area contributed by atoms with Crippen LogP contribution >= 0.6 is 11.6 Å². The van der Waals surface area contributed by atoms with Gasteiger partial charge < -0.3 is 9.84 Å². The molecule has 0 unspecified atom stereocenters. The summed E-state index contributed by atoms with van der Waals surface area (Å²) in [5.41, 5.74) is 0.822. The zero-order valence-corrected chi connectivity index (χ0v) is 8.54. The van der Waals surface area contributed by atoms with Gasteiger partial charge >= 0.3 is 5.97 Å². The fourth-order valence-electron chi connectivity index (χ4n) is 1.22. The number of aryl methyl sites for hydroxylation is 1. The lowest BCUT2D eigenvalue weighted by Gasteiger charge is -2.08. The summed E-state index contributed by atoms with van der Waals surface area (Å²) in [5.74, 6) is -0.262. The molecular formula is C10H11ClO3. The lowest BCUT2D eigenvalue weighted by atomic mass is 10.1. The number of rotatable bonds is 4. The van der Waals surface area contributed by atoms with Gasteiger partial charge in [-0.15, -0.1) is 0 Å². The van der Waals surface area contributed by atoms with Gasteiger partial charge in [0.15, 0.2) is 0 Å². The second kappa shape index (κ2) is 4.86. The molecule has 1 rings (SSSR count). The van der Waals surface area contributed by atoms with Crippen molar-refractivity contribution in [2.75, 3.05) is 7.11 Å². The van der Waals surface area contributed by atoms with E-state index in [4.69, 9.17) is 21.4 Å². The lowest BCUT2D eigenvalue weighted by Crippen LogP contribution is -1.99. The van der Waals surface area contributed by atoms with Crippen LogP contribution in [0.1, 0.15) is 12.0 Å². The smallest absolute Gasteiger partial charge is 0.303 e. The molecule has 0 atom stereocenters. The summed E-state index contributed by atoms with van der Waals surface area (Å²) in [7, 11) is 1.52. The number of carboxylic acid groups (broad SMARTS) is 1. The molecule has 3 nitrogen and oxygen atoms in total. The number of para-hydroxylation sites is 1. The largest absolute Gasteiger partial charge is 0.495 e. The molecule has 0 fully saturated rings. The molecule has 0 aliphatic heterocycles. The maximum atomic E-state index is 10.4. The number of aliphatic carboxylic acids is 1. The number of carboxylic acids is 1. The van der Waals surface area contributed by atoms with Crippen molar-refractivity contribution in [2.45, 2.75) is 12.8 Å². The normalized spacial score (nSPS) is 9.86. The second-order valence-corrected chi connectivity index (χ2v) is 3.23. The Morgan fingerprint density at radius 2 is 2.29 bits per heavy atom. The Morgan fingerprint density at radius 3 is 2.86 bits per heavy atom. The van der Waals surface area contributed by atoms with E-state index >= 15 is 0 Å². The van der Waals surface area contributed by atoms with Crippen molar-refractivity contribution in [1.82, 2.24) is 0 Å². The summed E-state index contributed by atoms with van der Waals surface area (Å²) in [6, 6.07) is 5.31. The Bertz CT molecular complexity index is 336. The molecule has 1 N–H and O–H groups in total. The van der Waals surface area contributed by atoms with E-state index in [0.29, 0.717) is 17.2 Å². The van der Waals surface area contributed by atoms with Crippen LogP contribution in [0.5, 0.6) is 5.75 Å². The van der Waals surface area contributed by atoms with E-state index < -0.39 is 5.97 Å².